The van der Waals surface area contributed by atoms with Gasteiger partial charge in [-0.25, -0.2) is 4.39 Å². The van der Waals surface area contributed by atoms with Gasteiger partial charge in [-0.15, -0.1) is 0 Å². The van der Waals surface area contributed by atoms with Gasteiger partial charge >= 0.3 is 0 Å². The van der Waals surface area contributed by atoms with Crippen molar-refractivity contribution in [2.45, 2.75) is 38.8 Å². The molecule has 1 rings (SSSR count). The van der Waals surface area contributed by atoms with Gasteiger partial charge in [-0.3, -0.25) is 0 Å². The van der Waals surface area contributed by atoms with Crippen molar-refractivity contribution in [3.8, 4) is 0 Å². The number of benzene rings is 1. The van der Waals surface area contributed by atoms with Gasteiger partial charge in [0.1, 0.15) is 5.67 Å². The molecule has 1 aromatic carbocycles. The third-order valence-electron chi connectivity index (χ3n) is 2.77. The number of rotatable bonds is 4. The fourth-order valence-corrected chi connectivity index (χ4v) is 2.39. The van der Waals surface area contributed by atoms with Gasteiger partial charge in [-0.05, 0) is 44.4 Å². The van der Waals surface area contributed by atoms with Gasteiger partial charge in [0.05, 0.1) is 0 Å². The first-order chi connectivity index (χ1) is 7.38. The number of nitrogens with two attached hydrogens (primary N) is 1. The average molecular weight is 244 g/mol. The van der Waals surface area contributed by atoms with Crippen LogP contribution in [0.5, 0.6) is 0 Å². The molecule has 0 heterocycles. The van der Waals surface area contributed by atoms with Crippen molar-refractivity contribution >= 4 is 11.6 Å². The monoisotopic (exact) mass is 243 g/mol. The quantitative estimate of drug-likeness (QED) is 0.850. The molecule has 1 atom stereocenters. The highest BCUT2D eigenvalue weighted by Crippen LogP contribution is 2.37. The zero-order valence-corrected chi connectivity index (χ0v) is 10.8. The summed E-state index contributed by atoms with van der Waals surface area (Å²) in [7, 11) is 0. The summed E-state index contributed by atoms with van der Waals surface area (Å²) in [5.41, 5.74) is 5.68. The van der Waals surface area contributed by atoms with Crippen molar-refractivity contribution in [3.63, 3.8) is 0 Å². The lowest BCUT2D eigenvalue weighted by molar-refractivity contribution is 0.219. The van der Waals surface area contributed by atoms with Crippen LogP contribution < -0.4 is 5.73 Å². The van der Waals surface area contributed by atoms with Crippen LogP contribution >= 0.6 is 11.6 Å². The van der Waals surface area contributed by atoms with E-state index < -0.39 is 5.67 Å². The lowest BCUT2D eigenvalue weighted by Gasteiger charge is -2.24. The highest BCUT2D eigenvalue weighted by atomic mass is 35.5. The molecule has 0 aromatic heterocycles. The van der Waals surface area contributed by atoms with E-state index in [0.29, 0.717) is 17.1 Å². The van der Waals surface area contributed by atoms with Crippen molar-refractivity contribution in [1.29, 1.82) is 0 Å². The van der Waals surface area contributed by atoms with Crippen LogP contribution in [-0.4, -0.2) is 6.54 Å². The highest BCUT2D eigenvalue weighted by molar-refractivity contribution is 6.31. The van der Waals surface area contributed by atoms with E-state index in [4.69, 9.17) is 17.3 Å². The molecule has 1 nitrogen and oxygen atoms in total. The molecule has 2 N–H and O–H groups in total. The maximum atomic E-state index is 14.1. The van der Waals surface area contributed by atoms with E-state index in [1.54, 1.807) is 6.07 Å². The van der Waals surface area contributed by atoms with Gasteiger partial charge in [0.25, 0.3) is 0 Å². The van der Waals surface area contributed by atoms with E-state index in [-0.39, 0.29) is 5.92 Å². The van der Waals surface area contributed by atoms with Gasteiger partial charge in [0.2, 0.25) is 0 Å². The summed E-state index contributed by atoms with van der Waals surface area (Å²) < 4.78 is 14.1. The van der Waals surface area contributed by atoms with Crippen LogP contribution in [0.15, 0.2) is 18.2 Å². The molecule has 1 unspecified atom stereocenters. The van der Waals surface area contributed by atoms with Crippen LogP contribution in [0.3, 0.4) is 0 Å². The van der Waals surface area contributed by atoms with E-state index in [1.165, 1.54) is 13.8 Å². The molecule has 0 aliphatic rings. The summed E-state index contributed by atoms with van der Waals surface area (Å²) in [5, 5.41) is 0.494. The number of hydrogen-bond donors (Lipinski definition) is 1. The number of halogens is 2. The summed E-state index contributed by atoms with van der Waals surface area (Å²) in [6.45, 7) is 5.72. The third kappa shape index (κ3) is 2.96. The van der Waals surface area contributed by atoms with Gasteiger partial charge in [-0.2, -0.15) is 0 Å². The van der Waals surface area contributed by atoms with E-state index in [1.807, 2.05) is 19.1 Å². The molecular formula is C13H19ClFN. The Bertz CT molecular complexity index is 357. The van der Waals surface area contributed by atoms with E-state index >= 15 is 0 Å². The van der Waals surface area contributed by atoms with Gasteiger partial charge in [0, 0.05) is 10.6 Å². The SMILES string of the molecule is CC(CCN)c1cccc(Cl)c1C(C)(C)F. The Kier molecular flexibility index (Phi) is 4.34. The Morgan fingerprint density at radius 1 is 1.44 bits per heavy atom. The fourth-order valence-electron chi connectivity index (χ4n) is 1.98. The minimum atomic E-state index is -1.42. The zero-order chi connectivity index (χ0) is 12.3. The summed E-state index contributed by atoms with van der Waals surface area (Å²) in [6, 6.07) is 5.53. The normalized spacial score (nSPS) is 13.9. The summed E-state index contributed by atoms with van der Waals surface area (Å²) in [6.07, 6.45) is 0.837. The molecule has 0 saturated heterocycles. The summed E-state index contributed by atoms with van der Waals surface area (Å²) in [4.78, 5) is 0. The van der Waals surface area contributed by atoms with Gasteiger partial charge in [0.15, 0.2) is 0 Å². The summed E-state index contributed by atoms with van der Waals surface area (Å²) >= 11 is 6.09. The first-order valence-corrected chi connectivity index (χ1v) is 5.93. The molecule has 0 amide bonds. The van der Waals surface area contributed by atoms with Crippen LogP contribution in [0, 0.1) is 0 Å². The van der Waals surface area contributed by atoms with E-state index in [0.717, 1.165) is 12.0 Å². The molecule has 0 spiro atoms. The molecular weight excluding hydrogens is 225 g/mol. The van der Waals surface area contributed by atoms with Crippen molar-refractivity contribution < 1.29 is 4.39 Å². The summed E-state index contributed by atoms with van der Waals surface area (Å²) in [5.74, 6) is 0.230. The van der Waals surface area contributed by atoms with Crippen molar-refractivity contribution in [2.24, 2.45) is 5.73 Å². The van der Waals surface area contributed by atoms with E-state index in [9.17, 15) is 4.39 Å². The van der Waals surface area contributed by atoms with Gasteiger partial charge < -0.3 is 5.73 Å². The average Bonchev–Trinajstić information content (AvgIpc) is 2.15. The molecule has 0 radical (unpaired) electrons. The zero-order valence-electron chi connectivity index (χ0n) is 10.1. The third-order valence-corrected chi connectivity index (χ3v) is 3.09. The van der Waals surface area contributed by atoms with Crippen LogP contribution in [-0.2, 0) is 5.67 Å². The maximum absolute atomic E-state index is 14.1. The second-order valence-corrected chi connectivity index (χ2v) is 5.06. The highest BCUT2D eigenvalue weighted by Gasteiger charge is 2.27. The Balaban J connectivity index is 3.23. The number of alkyl halides is 1. The molecule has 0 aliphatic heterocycles. The Hall–Kier alpha value is -0.600. The lowest BCUT2D eigenvalue weighted by Crippen LogP contribution is -2.16. The minimum absolute atomic E-state index is 0.230. The largest absolute Gasteiger partial charge is 0.330 e. The topological polar surface area (TPSA) is 26.0 Å². The first kappa shape index (κ1) is 13.5. The Labute approximate surface area is 102 Å². The Morgan fingerprint density at radius 2 is 2.06 bits per heavy atom. The Morgan fingerprint density at radius 3 is 2.56 bits per heavy atom. The minimum Gasteiger partial charge on any atom is -0.330 e. The molecule has 0 bridgehead atoms. The van der Waals surface area contributed by atoms with Crippen LogP contribution in [0.2, 0.25) is 5.02 Å². The first-order valence-electron chi connectivity index (χ1n) is 5.55. The lowest BCUT2D eigenvalue weighted by atomic mass is 9.86. The molecule has 90 valence electrons. The molecule has 3 heteroatoms. The number of hydrogen-bond acceptors (Lipinski definition) is 1. The fraction of sp³-hybridized carbons (Fsp3) is 0.538. The van der Waals surface area contributed by atoms with Crippen LogP contribution in [0.25, 0.3) is 0 Å². The molecule has 0 aliphatic carbocycles. The molecule has 0 fully saturated rings. The van der Waals surface area contributed by atoms with Crippen LogP contribution in [0.1, 0.15) is 44.2 Å². The molecule has 1 aromatic rings. The second kappa shape index (κ2) is 5.15. The predicted molar refractivity (Wildman–Crippen MR) is 67.7 cm³/mol. The van der Waals surface area contributed by atoms with Crippen LogP contribution in [0.4, 0.5) is 4.39 Å². The smallest absolute Gasteiger partial charge is 0.132 e. The second-order valence-electron chi connectivity index (χ2n) is 4.65. The predicted octanol–water partition coefficient (Wildman–Crippen LogP) is 4.00. The van der Waals surface area contributed by atoms with E-state index in [2.05, 4.69) is 0 Å². The standard InChI is InChI=1S/C13H19ClFN/c1-9(7-8-16)10-5-4-6-11(14)12(10)13(2,3)15/h4-6,9H,7-8,16H2,1-3H3. The molecule has 16 heavy (non-hydrogen) atoms. The van der Waals surface area contributed by atoms with Gasteiger partial charge in [-0.1, -0.05) is 30.7 Å². The van der Waals surface area contributed by atoms with Crippen molar-refractivity contribution in [3.05, 3.63) is 34.3 Å². The van der Waals surface area contributed by atoms with Crippen molar-refractivity contribution in [1.82, 2.24) is 0 Å². The van der Waals surface area contributed by atoms with Crippen molar-refractivity contribution in [2.75, 3.05) is 6.54 Å². The maximum Gasteiger partial charge on any atom is 0.132 e. The molecule has 0 saturated carbocycles.